The summed E-state index contributed by atoms with van der Waals surface area (Å²) in [5.41, 5.74) is 2.69. The zero-order chi connectivity index (χ0) is 16.7. The maximum Gasteiger partial charge on any atom is 0.286 e. The molecule has 4 rings (SSSR count). The van der Waals surface area contributed by atoms with Crippen LogP contribution in [0.15, 0.2) is 36.4 Å². The van der Waals surface area contributed by atoms with Crippen LogP contribution in [0.25, 0.3) is 20.4 Å². The lowest BCUT2D eigenvalue weighted by molar-refractivity contribution is 0.102. The number of hydrogen-bond donors (Lipinski definition) is 1. The summed E-state index contributed by atoms with van der Waals surface area (Å²) in [4.78, 5) is 21.3. The zero-order valence-corrected chi connectivity index (χ0v) is 14.6. The minimum Gasteiger partial charge on any atom is -0.494 e. The van der Waals surface area contributed by atoms with E-state index in [0.29, 0.717) is 15.9 Å². The third kappa shape index (κ3) is 2.51. The Morgan fingerprint density at radius 2 is 1.96 bits per heavy atom. The number of fused-ring (bicyclic) bond motifs is 2. The molecule has 0 atom stereocenters. The molecule has 4 aromatic rings. The molecule has 0 aliphatic heterocycles. The quantitative estimate of drug-likeness (QED) is 0.589. The summed E-state index contributed by atoms with van der Waals surface area (Å²) in [6.07, 6.45) is 0. The van der Waals surface area contributed by atoms with Gasteiger partial charge in [0.2, 0.25) is 0 Å². The van der Waals surface area contributed by atoms with Gasteiger partial charge in [0.05, 0.1) is 22.0 Å². The molecule has 0 unspecified atom stereocenters. The largest absolute Gasteiger partial charge is 0.494 e. The number of nitrogens with one attached hydrogen (secondary N) is 1. The van der Waals surface area contributed by atoms with Crippen molar-refractivity contribution in [3.63, 3.8) is 0 Å². The van der Waals surface area contributed by atoms with Crippen LogP contribution in [-0.2, 0) is 0 Å². The van der Waals surface area contributed by atoms with Crippen molar-refractivity contribution < 1.29 is 9.53 Å². The van der Waals surface area contributed by atoms with E-state index in [1.54, 1.807) is 7.11 Å². The molecule has 1 amide bonds. The highest BCUT2D eigenvalue weighted by atomic mass is 32.1. The molecule has 7 heteroatoms. The Morgan fingerprint density at radius 3 is 2.75 bits per heavy atom. The number of carbonyl (C=O) groups is 1. The van der Waals surface area contributed by atoms with Gasteiger partial charge in [0, 0.05) is 0 Å². The molecular weight excluding hydrogens is 342 g/mol. The number of hydrogen-bond acceptors (Lipinski definition) is 6. The Hall–Kier alpha value is -2.51. The Labute approximate surface area is 145 Å². The fourth-order valence-corrected chi connectivity index (χ4v) is 4.25. The fourth-order valence-electron chi connectivity index (χ4n) is 2.45. The zero-order valence-electron chi connectivity index (χ0n) is 13.0. The first-order chi connectivity index (χ1) is 11.7. The van der Waals surface area contributed by atoms with Crippen molar-refractivity contribution in [2.24, 2.45) is 0 Å². The van der Waals surface area contributed by atoms with Gasteiger partial charge in [-0.15, -0.1) is 11.3 Å². The van der Waals surface area contributed by atoms with E-state index in [0.717, 1.165) is 26.0 Å². The second kappa shape index (κ2) is 5.85. The van der Waals surface area contributed by atoms with Crippen molar-refractivity contribution in [1.82, 2.24) is 9.97 Å². The van der Waals surface area contributed by atoms with Gasteiger partial charge in [-0.3, -0.25) is 10.1 Å². The van der Waals surface area contributed by atoms with E-state index in [4.69, 9.17) is 4.74 Å². The van der Waals surface area contributed by atoms with Crippen LogP contribution < -0.4 is 10.1 Å². The molecule has 120 valence electrons. The number of aromatic nitrogens is 2. The number of benzene rings is 2. The van der Waals surface area contributed by atoms with Crippen molar-refractivity contribution in [2.45, 2.75) is 6.92 Å². The molecule has 0 spiro atoms. The molecule has 1 N–H and O–H groups in total. The first kappa shape index (κ1) is 15.0. The fraction of sp³-hybridized carbons (Fsp3) is 0.118. The smallest absolute Gasteiger partial charge is 0.286 e. The summed E-state index contributed by atoms with van der Waals surface area (Å²) in [7, 11) is 1.61. The van der Waals surface area contributed by atoms with Crippen LogP contribution in [0.4, 0.5) is 5.13 Å². The second-order valence-electron chi connectivity index (χ2n) is 5.22. The van der Waals surface area contributed by atoms with Crippen molar-refractivity contribution in [1.29, 1.82) is 0 Å². The predicted octanol–water partition coefficient (Wildman–Crippen LogP) is 4.48. The Bertz CT molecular complexity index is 1040. The molecule has 2 aromatic heterocycles. The van der Waals surface area contributed by atoms with Gasteiger partial charge in [-0.25, -0.2) is 9.97 Å². The topological polar surface area (TPSA) is 64.1 Å². The Morgan fingerprint density at radius 1 is 1.12 bits per heavy atom. The number of nitrogens with zero attached hydrogens (tertiary/aromatic N) is 2. The van der Waals surface area contributed by atoms with Gasteiger partial charge in [0.1, 0.15) is 11.3 Å². The number of rotatable bonds is 3. The van der Waals surface area contributed by atoms with E-state index in [-0.39, 0.29) is 5.91 Å². The van der Waals surface area contributed by atoms with Crippen LogP contribution in [0.5, 0.6) is 5.75 Å². The van der Waals surface area contributed by atoms with Crippen LogP contribution in [0.3, 0.4) is 0 Å². The SMILES string of the molecule is COc1ccc(C)c2sc(NC(=O)c3nc4ccccc4s3)nc12. The molecule has 2 heterocycles. The van der Waals surface area contributed by atoms with Crippen molar-refractivity contribution in [3.8, 4) is 5.75 Å². The molecule has 24 heavy (non-hydrogen) atoms. The lowest BCUT2D eigenvalue weighted by Gasteiger charge is -2.01. The molecule has 5 nitrogen and oxygen atoms in total. The average Bonchev–Trinajstić information content (AvgIpc) is 3.19. The highest BCUT2D eigenvalue weighted by Gasteiger charge is 2.16. The molecule has 0 aliphatic rings. The van der Waals surface area contributed by atoms with Crippen LogP contribution in [0.1, 0.15) is 15.4 Å². The number of methoxy groups -OCH3 is 1. The summed E-state index contributed by atoms with van der Waals surface area (Å²) in [5.74, 6) is 0.458. The third-order valence-corrected chi connectivity index (χ3v) is 5.77. The van der Waals surface area contributed by atoms with Gasteiger partial charge in [-0.2, -0.15) is 0 Å². The Kier molecular flexibility index (Phi) is 3.66. The molecule has 2 aromatic carbocycles. The van der Waals surface area contributed by atoms with Crippen molar-refractivity contribution in [2.75, 3.05) is 12.4 Å². The summed E-state index contributed by atoms with van der Waals surface area (Å²) in [5, 5.41) is 3.82. The van der Waals surface area contributed by atoms with E-state index in [9.17, 15) is 4.79 Å². The number of ether oxygens (including phenoxy) is 1. The standard InChI is InChI=1S/C17H13N3O2S2/c1-9-7-8-11(22-2)13-14(9)24-17(19-13)20-15(21)16-18-10-5-3-4-6-12(10)23-16/h3-8H,1-2H3,(H,19,20,21). The lowest BCUT2D eigenvalue weighted by atomic mass is 10.2. The normalized spacial score (nSPS) is 11.1. The summed E-state index contributed by atoms with van der Waals surface area (Å²) in [6.45, 7) is 2.01. The van der Waals surface area contributed by atoms with Crippen LogP contribution >= 0.6 is 22.7 Å². The van der Waals surface area contributed by atoms with Crippen molar-refractivity contribution in [3.05, 3.63) is 47.0 Å². The molecule has 0 fully saturated rings. The van der Waals surface area contributed by atoms with Crippen LogP contribution in [0, 0.1) is 6.92 Å². The highest BCUT2D eigenvalue weighted by molar-refractivity contribution is 7.23. The summed E-state index contributed by atoms with van der Waals surface area (Å²) >= 11 is 2.81. The second-order valence-corrected chi connectivity index (χ2v) is 7.25. The minimum atomic E-state index is -0.244. The van der Waals surface area contributed by atoms with E-state index in [2.05, 4.69) is 15.3 Å². The number of thiazole rings is 2. The first-order valence-electron chi connectivity index (χ1n) is 7.27. The van der Waals surface area contributed by atoms with E-state index >= 15 is 0 Å². The third-order valence-electron chi connectivity index (χ3n) is 3.63. The van der Waals surface area contributed by atoms with Gasteiger partial charge in [0.15, 0.2) is 10.1 Å². The first-order valence-corrected chi connectivity index (χ1v) is 8.90. The maximum atomic E-state index is 12.5. The van der Waals surface area contributed by atoms with Gasteiger partial charge in [0.25, 0.3) is 5.91 Å². The van der Waals surface area contributed by atoms with Gasteiger partial charge < -0.3 is 4.74 Å². The van der Waals surface area contributed by atoms with Crippen molar-refractivity contribution >= 4 is 54.1 Å². The van der Waals surface area contributed by atoms with E-state index < -0.39 is 0 Å². The molecule has 0 aliphatic carbocycles. The van der Waals surface area contributed by atoms with Gasteiger partial charge in [-0.05, 0) is 30.7 Å². The number of para-hydroxylation sites is 1. The van der Waals surface area contributed by atoms with Crippen LogP contribution in [0.2, 0.25) is 0 Å². The molecular formula is C17H13N3O2S2. The van der Waals surface area contributed by atoms with Gasteiger partial charge >= 0.3 is 0 Å². The lowest BCUT2D eigenvalue weighted by Crippen LogP contribution is -2.11. The molecule has 0 saturated heterocycles. The number of anilines is 1. The molecule has 0 bridgehead atoms. The predicted molar refractivity (Wildman–Crippen MR) is 98.5 cm³/mol. The van der Waals surface area contributed by atoms with E-state index in [1.165, 1.54) is 22.7 Å². The summed E-state index contributed by atoms with van der Waals surface area (Å²) < 4.78 is 7.35. The number of amides is 1. The minimum absolute atomic E-state index is 0.244. The summed E-state index contributed by atoms with van der Waals surface area (Å²) in [6, 6.07) is 11.6. The molecule has 0 saturated carbocycles. The van der Waals surface area contributed by atoms with E-state index in [1.807, 2.05) is 43.3 Å². The Balaban J connectivity index is 1.68. The maximum absolute atomic E-state index is 12.5. The molecule has 0 radical (unpaired) electrons. The van der Waals surface area contributed by atoms with Crippen LogP contribution in [-0.4, -0.2) is 23.0 Å². The average molecular weight is 355 g/mol. The monoisotopic (exact) mass is 355 g/mol. The van der Waals surface area contributed by atoms with Gasteiger partial charge in [-0.1, -0.05) is 29.5 Å². The number of carbonyl (C=O) groups excluding carboxylic acids is 1. The number of aryl methyl sites for hydroxylation is 1. The highest BCUT2D eigenvalue weighted by Crippen LogP contribution is 2.35.